The van der Waals surface area contributed by atoms with E-state index in [1.807, 2.05) is 72.8 Å². The molecule has 0 spiro atoms. The number of hydrogen-bond donors (Lipinski definition) is 0. The molecule has 3 aromatic carbocycles. The second-order valence-corrected chi connectivity index (χ2v) is 12.9. The zero-order valence-electron chi connectivity index (χ0n) is 27.0. The summed E-state index contributed by atoms with van der Waals surface area (Å²) in [5.74, 6) is 0.0408. The van der Waals surface area contributed by atoms with E-state index >= 15 is 0 Å². The van der Waals surface area contributed by atoms with E-state index in [0.717, 1.165) is 59.3 Å². The first-order chi connectivity index (χ1) is 22.9. The molecule has 2 aromatic heterocycles. The van der Waals surface area contributed by atoms with Crippen LogP contribution in [0.2, 0.25) is 0 Å². The molecule has 7 rings (SSSR count). The average molecular weight is 648 g/mol. The highest BCUT2D eigenvalue weighted by Crippen LogP contribution is 2.42. The number of carbonyl (C=O) groups is 1. The van der Waals surface area contributed by atoms with E-state index < -0.39 is 12.0 Å². The van der Waals surface area contributed by atoms with Gasteiger partial charge >= 0.3 is 5.97 Å². The zero-order chi connectivity index (χ0) is 32.7. The lowest BCUT2D eigenvalue weighted by molar-refractivity contribution is -0.138. The summed E-state index contributed by atoms with van der Waals surface area (Å²) in [6.07, 6.45) is 4.28. The summed E-state index contributed by atoms with van der Waals surface area (Å²) in [6.45, 7) is 7.72. The quantitative estimate of drug-likeness (QED) is 0.202. The van der Waals surface area contributed by atoms with Crippen LogP contribution >= 0.6 is 11.3 Å². The molecule has 1 fully saturated rings. The maximum Gasteiger partial charge on any atom is 0.338 e. The number of esters is 1. The number of hydrogen-bond acceptors (Lipinski definition) is 7. The van der Waals surface area contributed by atoms with E-state index in [1.165, 1.54) is 11.3 Å². The first-order valence-corrected chi connectivity index (χ1v) is 16.8. The molecule has 0 amide bonds. The van der Waals surface area contributed by atoms with Crippen LogP contribution in [-0.2, 0) is 20.8 Å². The molecule has 5 aromatic rings. The molecular formula is C38H37N3O5S. The summed E-state index contributed by atoms with van der Waals surface area (Å²) >= 11 is 1.32. The van der Waals surface area contributed by atoms with Crippen molar-refractivity contribution in [2.75, 3.05) is 20.3 Å². The third kappa shape index (κ3) is 5.53. The topological polar surface area (TPSA) is 84.0 Å². The Morgan fingerprint density at radius 2 is 1.87 bits per heavy atom. The van der Waals surface area contributed by atoms with Crippen LogP contribution in [0.3, 0.4) is 0 Å². The van der Waals surface area contributed by atoms with Gasteiger partial charge in [0.2, 0.25) is 0 Å². The number of ether oxygens (including phenoxy) is 3. The summed E-state index contributed by atoms with van der Waals surface area (Å²) < 4.78 is 22.0. The normalized spacial score (nSPS) is 18.0. The maximum atomic E-state index is 14.6. The van der Waals surface area contributed by atoms with Gasteiger partial charge in [0.25, 0.3) is 5.56 Å². The molecule has 0 radical (unpaired) electrons. The molecule has 0 N–H and O–H groups in total. The Hall–Kier alpha value is -4.73. The van der Waals surface area contributed by atoms with Crippen LogP contribution in [0.25, 0.3) is 22.5 Å². The van der Waals surface area contributed by atoms with Crippen molar-refractivity contribution < 1.29 is 19.0 Å². The molecule has 2 atom stereocenters. The van der Waals surface area contributed by atoms with Crippen LogP contribution in [0.5, 0.6) is 5.75 Å². The van der Waals surface area contributed by atoms with Gasteiger partial charge in [0.05, 0.1) is 35.6 Å². The van der Waals surface area contributed by atoms with Crippen LogP contribution in [0.4, 0.5) is 0 Å². The van der Waals surface area contributed by atoms with E-state index in [9.17, 15) is 9.59 Å². The van der Waals surface area contributed by atoms with Crippen LogP contribution in [0.15, 0.2) is 88.2 Å². The predicted molar refractivity (Wildman–Crippen MR) is 184 cm³/mol. The van der Waals surface area contributed by atoms with Crippen molar-refractivity contribution in [1.82, 2.24) is 9.13 Å². The van der Waals surface area contributed by atoms with E-state index in [2.05, 4.69) is 24.5 Å². The van der Waals surface area contributed by atoms with Gasteiger partial charge in [-0.05, 0) is 68.2 Å². The zero-order valence-corrected chi connectivity index (χ0v) is 27.8. The van der Waals surface area contributed by atoms with Crippen molar-refractivity contribution in [3.8, 4) is 5.75 Å². The van der Waals surface area contributed by atoms with E-state index in [-0.39, 0.29) is 18.3 Å². The minimum atomic E-state index is -0.851. The maximum absolute atomic E-state index is 14.6. The summed E-state index contributed by atoms with van der Waals surface area (Å²) in [5, 5.41) is 1.84. The Kier molecular flexibility index (Phi) is 8.42. The number of fused-ring (bicyclic) bond motifs is 2. The Labute approximate surface area is 276 Å². The third-order valence-electron chi connectivity index (χ3n) is 9.11. The molecule has 2 aliphatic rings. The molecule has 47 heavy (non-hydrogen) atoms. The van der Waals surface area contributed by atoms with Crippen molar-refractivity contribution in [2.24, 2.45) is 4.99 Å². The monoisotopic (exact) mass is 647 g/mol. The van der Waals surface area contributed by atoms with Crippen LogP contribution in [-0.4, -0.2) is 41.5 Å². The summed E-state index contributed by atoms with van der Waals surface area (Å²) in [6, 6.07) is 22.7. The highest BCUT2D eigenvalue weighted by atomic mass is 32.1. The van der Waals surface area contributed by atoms with Gasteiger partial charge in [-0.3, -0.25) is 9.36 Å². The molecule has 4 heterocycles. The fraction of sp³-hybridized carbons (Fsp3) is 0.289. The lowest BCUT2D eigenvalue weighted by Gasteiger charge is -2.28. The number of methoxy groups -OCH3 is 1. The lowest BCUT2D eigenvalue weighted by Crippen LogP contribution is -2.40. The highest BCUT2D eigenvalue weighted by Gasteiger charge is 2.37. The van der Waals surface area contributed by atoms with Gasteiger partial charge in [0, 0.05) is 35.7 Å². The Morgan fingerprint density at radius 1 is 1.09 bits per heavy atom. The van der Waals surface area contributed by atoms with Crippen molar-refractivity contribution in [3.63, 3.8) is 0 Å². The van der Waals surface area contributed by atoms with Crippen LogP contribution < -0.4 is 19.6 Å². The average Bonchev–Trinajstić information content (AvgIpc) is 3.79. The number of thiazole rings is 1. The van der Waals surface area contributed by atoms with Gasteiger partial charge in [-0.25, -0.2) is 9.79 Å². The first kappa shape index (κ1) is 30.9. The Bertz CT molecular complexity index is 2200. The second kappa shape index (κ2) is 12.8. The predicted octanol–water partition coefficient (Wildman–Crippen LogP) is 5.69. The van der Waals surface area contributed by atoms with Crippen molar-refractivity contribution in [3.05, 3.63) is 126 Å². The number of carbonyl (C=O) groups excluding carboxylic acids is 1. The molecule has 0 unspecified atom stereocenters. The number of nitrogens with zero attached hydrogens (tertiary/aromatic N) is 3. The molecule has 0 aliphatic carbocycles. The van der Waals surface area contributed by atoms with Crippen molar-refractivity contribution in [1.29, 1.82) is 0 Å². The number of aromatic nitrogens is 2. The van der Waals surface area contributed by atoms with Gasteiger partial charge in [0.15, 0.2) is 4.80 Å². The molecule has 2 aliphatic heterocycles. The smallest absolute Gasteiger partial charge is 0.338 e. The minimum Gasteiger partial charge on any atom is -0.496 e. The van der Waals surface area contributed by atoms with Gasteiger partial charge < -0.3 is 18.8 Å². The van der Waals surface area contributed by atoms with Gasteiger partial charge in [-0.2, -0.15) is 0 Å². The fourth-order valence-electron chi connectivity index (χ4n) is 6.84. The van der Waals surface area contributed by atoms with E-state index in [0.29, 0.717) is 31.9 Å². The van der Waals surface area contributed by atoms with E-state index in [4.69, 9.17) is 19.2 Å². The second-order valence-electron chi connectivity index (χ2n) is 11.9. The molecule has 8 nitrogen and oxygen atoms in total. The van der Waals surface area contributed by atoms with Crippen LogP contribution in [0, 0.1) is 13.8 Å². The summed E-state index contributed by atoms with van der Waals surface area (Å²) in [4.78, 5) is 34.2. The summed E-state index contributed by atoms with van der Waals surface area (Å²) in [7, 11) is 1.61. The Balaban J connectivity index is 1.51. The Morgan fingerprint density at radius 3 is 2.62 bits per heavy atom. The molecular weight excluding hydrogens is 611 g/mol. The van der Waals surface area contributed by atoms with Crippen molar-refractivity contribution >= 4 is 39.9 Å². The van der Waals surface area contributed by atoms with E-state index in [1.54, 1.807) is 18.6 Å². The molecule has 9 heteroatoms. The highest BCUT2D eigenvalue weighted by molar-refractivity contribution is 7.07. The van der Waals surface area contributed by atoms with Crippen molar-refractivity contribution in [2.45, 2.75) is 52.3 Å². The molecule has 0 bridgehead atoms. The summed E-state index contributed by atoms with van der Waals surface area (Å²) in [5.41, 5.74) is 5.17. The SMILES string of the molecule is CCOC(=O)C1=C(c2ccccc2)N=c2s/c(=C\c3cc(C)n(C[C@H]4CCCO4)c3C)c(=O)n2[C@H]1c1c(OC)ccc2ccccc12. The number of benzene rings is 3. The van der Waals surface area contributed by atoms with Gasteiger partial charge in [0.1, 0.15) is 11.8 Å². The first-order valence-electron chi connectivity index (χ1n) is 16.0. The number of aryl methyl sites for hydroxylation is 1. The minimum absolute atomic E-state index is 0.176. The molecule has 0 saturated carbocycles. The van der Waals surface area contributed by atoms with Gasteiger partial charge in [-0.15, -0.1) is 0 Å². The lowest BCUT2D eigenvalue weighted by atomic mass is 9.89. The van der Waals surface area contributed by atoms with Gasteiger partial charge in [-0.1, -0.05) is 72.0 Å². The molecule has 240 valence electrons. The largest absolute Gasteiger partial charge is 0.496 e. The number of rotatable bonds is 8. The standard InChI is InChI=1S/C38H37N3O5S/c1-5-45-37(43)33-34(26-13-7-6-8-14-26)39-38-41(35(33)32-29-16-10-9-12-25(29)17-18-30(32)44-4)36(42)31(47-38)21-27-20-23(2)40(24(27)3)22-28-15-11-19-46-28/h6-10,12-14,16-18,20-21,28,35H,5,11,15,19,22H2,1-4H3/b31-21-/t28-,35+/m1/s1. The fourth-order valence-corrected chi connectivity index (χ4v) is 7.83. The molecule has 1 saturated heterocycles. The third-order valence-corrected chi connectivity index (χ3v) is 10.1. The van der Waals surface area contributed by atoms with Crippen LogP contribution in [0.1, 0.15) is 53.9 Å².